The maximum absolute atomic E-state index is 13.3. The van der Waals surface area contributed by atoms with E-state index in [4.69, 9.17) is 9.47 Å². The SMILES string of the molecule is CCNCc1cc(F)cnc1Oc1ccc(C)cc1OC. The molecule has 2 rings (SSSR count). The van der Waals surface area contributed by atoms with Gasteiger partial charge in [0.2, 0.25) is 5.88 Å². The summed E-state index contributed by atoms with van der Waals surface area (Å²) in [4.78, 5) is 4.03. The number of pyridine rings is 1. The molecule has 0 aliphatic rings. The Bertz CT molecular complexity index is 617. The summed E-state index contributed by atoms with van der Waals surface area (Å²) in [6.45, 7) is 5.23. The Labute approximate surface area is 123 Å². The van der Waals surface area contributed by atoms with Crippen molar-refractivity contribution in [2.24, 2.45) is 0 Å². The summed E-state index contributed by atoms with van der Waals surface area (Å²) in [7, 11) is 1.58. The minimum atomic E-state index is -0.383. The van der Waals surface area contributed by atoms with Gasteiger partial charge in [-0.15, -0.1) is 0 Å². The van der Waals surface area contributed by atoms with Crippen molar-refractivity contribution >= 4 is 0 Å². The molecule has 0 unspecified atom stereocenters. The number of hydrogen-bond acceptors (Lipinski definition) is 4. The van der Waals surface area contributed by atoms with Gasteiger partial charge in [0, 0.05) is 12.1 Å². The fourth-order valence-electron chi connectivity index (χ4n) is 1.91. The molecule has 1 heterocycles. The first-order chi connectivity index (χ1) is 10.1. The van der Waals surface area contributed by atoms with Gasteiger partial charge in [-0.3, -0.25) is 0 Å². The van der Waals surface area contributed by atoms with E-state index in [0.29, 0.717) is 29.5 Å². The van der Waals surface area contributed by atoms with Crippen LogP contribution in [0.4, 0.5) is 4.39 Å². The van der Waals surface area contributed by atoms with Gasteiger partial charge in [-0.05, 0) is 37.2 Å². The number of aromatic nitrogens is 1. The Morgan fingerprint density at radius 1 is 1.24 bits per heavy atom. The van der Waals surface area contributed by atoms with Crippen molar-refractivity contribution in [3.63, 3.8) is 0 Å². The van der Waals surface area contributed by atoms with Crippen molar-refractivity contribution in [3.8, 4) is 17.4 Å². The second kappa shape index (κ2) is 7.04. The molecule has 2 aromatic rings. The van der Waals surface area contributed by atoms with Gasteiger partial charge in [-0.2, -0.15) is 0 Å². The summed E-state index contributed by atoms with van der Waals surface area (Å²) >= 11 is 0. The lowest BCUT2D eigenvalue weighted by molar-refractivity contribution is 0.371. The Morgan fingerprint density at radius 3 is 2.76 bits per heavy atom. The Balaban J connectivity index is 2.30. The number of methoxy groups -OCH3 is 1. The fourth-order valence-corrected chi connectivity index (χ4v) is 1.91. The second-order valence-electron chi connectivity index (χ2n) is 4.65. The predicted molar refractivity (Wildman–Crippen MR) is 79.4 cm³/mol. The molecular weight excluding hydrogens is 271 g/mol. The monoisotopic (exact) mass is 290 g/mol. The lowest BCUT2D eigenvalue weighted by Crippen LogP contribution is -2.13. The minimum absolute atomic E-state index is 0.375. The lowest BCUT2D eigenvalue weighted by Gasteiger charge is -2.13. The molecule has 5 heteroatoms. The van der Waals surface area contributed by atoms with E-state index in [1.807, 2.05) is 32.0 Å². The van der Waals surface area contributed by atoms with E-state index in [-0.39, 0.29) is 5.82 Å². The van der Waals surface area contributed by atoms with E-state index < -0.39 is 0 Å². The number of hydrogen-bond donors (Lipinski definition) is 1. The van der Waals surface area contributed by atoms with Gasteiger partial charge >= 0.3 is 0 Å². The van der Waals surface area contributed by atoms with Crippen molar-refractivity contribution in [1.82, 2.24) is 10.3 Å². The molecule has 1 N–H and O–H groups in total. The Kier molecular flexibility index (Phi) is 5.11. The van der Waals surface area contributed by atoms with Crippen LogP contribution in [0.2, 0.25) is 0 Å². The van der Waals surface area contributed by atoms with E-state index in [0.717, 1.165) is 18.3 Å². The molecule has 0 fully saturated rings. The highest BCUT2D eigenvalue weighted by atomic mass is 19.1. The fraction of sp³-hybridized carbons (Fsp3) is 0.312. The van der Waals surface area contributed by atoms with E-state index in [2.05, 4.69) is 10.3 Å². The number of halogens is 1. The molecule has 0 spiro atoms. The zero-order valence-corrected chi connectivity index (χ0v) is 12.4. The molecule has 21 heavy (non-hydrogen) atoms. The quantitative estimate of drug-likeness (QED) is 0.885. The van der Waals surface area contributed by atoms with Gasteiger partial charge in [-0.1, -0.05) is 13.0 Å². The van der Waals surface area contributed by atoms with E-state index in [1.54, 1.807) is 7.11 Å². The minimum Gasteiger partial charge on any atom is -0.493 e. The zero-order valence-electron chi connectivity index (χ0n) is 12.4. The predicted octanol–water partition coefficient (Wildman–Crippen LogP) is 3.44. The molecule has 0 saturated carbocycles. The van der Waals surface area contributed by atoms with Crippen LogP contribution < -0.4 is 14.8 Å². The van der Waals surface area contributed by atoms with Crippen LogP contribution in [0.5, 0.6) is 17.4 Å². The average Bonchev–Trinajstić information content (AvgIpc) is 2.48. The van der Waals surface area contributed by atoms with Gasteiger partial charge < -0.3 is 14.8 Å². The summed E-state index contributed by atoms with van der Waals surface area (Å²) in [6.07, 6.45) is 1.14. The molecule has 0 bridgehead atoms. The molecule has 1 aromatic carbocycles. The van der Waals surface area contributed by atoms with Crippen LogP contribution in [0.25, 0.3) is 0 Å². The largest absolute Gasteiger partial charge is 0.493 e. The van der Waals surface area contributed by atoms with Crippen molar-refractivity contribution in [2.75, 3.05) is 13.7 Å². The number of rotatable bonds is 6. The van der Waals surface area contributed by atoms with Crippen LogP contribution >= 0.6 is 0 Å². The smallest absolute Gasteiger partial charge is 0.224 e. The van der Waals surface area contributed by atoms with Crippen molar-refractivity contribution in [2.45, 2.75) is 20.4 Å². The third-order valence-electron chi connectivity index (χ3n) is 2.98. The normalized spacial score (nSPS) is 10.5. The molecule has 0 aliphatic heterocycles. The number of nitrogens with zero attached hydrogens (tertiary/aromatic N) is 1. The molecule has 0 radical (unpaired) electrons. The Morgan fingerprint density at radius 2 is 2.05 bits per heavy atom. The highest BCUT2D eigenvalue weighted by molar-refractivity contribution is 5.45. The van der Waals surface area contributed by atoms with Crippen molar-refractivity contribution < 1.29 is 13.9 Å². The molecule has 0 aliphatic carbocycles. The lowest BCUT2D eigenvalue weighted by atomic mass is 10.2. The van der Waals surface area contributed by atoms with Crippen molar-refractivity contribution in [1.29, 1.82) is 0 Å². The summed E-state index contributed by atoms with van der Waals surface area (Å²) in [5, 5.41) is 3.14. The molecule has 4 nitrogen and oxygen atoms in total. The first kappa shape index (κ1) is 15.3. The number of nitrogens with one attached hydrogen (secondary N) is 1. The van der Waals surface area contributed by atoms with E-state index in [1.165, 1.54) is 6.07 Å². The maximum Gasteiger partial charge on any atom is 0.224 e. The third kappa shape index (κ3) is 3.92. The van der Waals surface area contributed by atoms with Crippen LogP contribution in [0.15, 0.2) is 30.5 Å². The van der Waals surface area contributed by atoms with Crippen molar-refractivity contribution in [3.05, 3.63) is 47.4 Å². The number of aryl methyl sites for hydroxylation is 1. The van der Waals surface area contributed by atoms with Gasteiger partial charge in [-0.25, -0.2) is 9.37 Å². The molecule has 0 saturated heterocycles. The first-order valence-electron chi connectivity index (χ1n) is 6.81. The van der Waals surface area contributed by atoms with Gasteiger partial charge in [0.05, 0.1) is 13.3 Å². The Hall–Kier alpha value is -2.14. The summed E-state index contributed by atoms with van der Waals surface area (Å²) in [6, 6.07) is 7.04. The molecule has 1 aromatic heterocycles. The second-order valence-corrected chi connectivity index (χ2v) is 4.65. The molecule has 112 valence electrons. The zero-order chi connectivity index (χ0) is 15.2. The topological polar surface area (TPSA) is 43.4 Å². The van der Waals surface area contributed by atoms with E-state index in [9.17, 15) is 4.39 Å². The molecule has 0 atom stereocenters. The molecular formula is C16H19FN2O2. The number of ether oxygens (including phenoxy) is 2. The maximum atomic E-state index is 13.3. The highest BCUT2D eigenvalue weighted by Crippen LogP contribution is 2.32. The summed E-state index contributed by atoms with van der Waals surface area (Å²) in [5.74, 6) is 1.17. The van der Waals surface area contributed by atoms with Crippen LogP contribution in [-0.2, 0) is 6.54 Å². The van der Waals surface area contributed by atoms with Gasteiger partial charge in [0.25, 0.3) is 0 Å². The van der Waals surface area contributed by atoms with Gasteiger partial charge in [0.15, 0.2) is 11.5 Å². The standard InChI is InChI=1S/C16H19FN2O2/c1-4-18-9-12-8-13(17)10-19-16(12)21-14-6-5-11(2)7-15(14)20-3/h5-8,10,18H,4,9H2,1-3H3. The van der Waals surface area contributed by atoms with Crippen LogP contribution in [0, 0.1) is 12.7 Å². The highest BCUT2D eigenvalue weighted by Gasteiger charge is 2.11. The first-order valence-corrected chi connectivity index (χ1v) is 6.81. The third-order valence-corrected chi connectivity index (χ3v) is 2.98. The summed E-state index contributed by atoms with van der Waals surface area (Å²) < 4.78 is 24.4. The average molecular weight is 290 g/mol. The summed E-state index contributed by atoms with van der Waals surface area (Å²) in [5.41, 5.74) is 1.73. The van der Waals surface area contributed by atoms with E-state index >= 15 is 0 Å². The molecule has 0 amide bonds. The van der Waals surface area contributed by atoms with Crippen LogP contribution in [0.1, 0.15) is 18.1 Å². The van der Waals surface area contributed by atoms with Crippen LogP contribution in [0.3, 0.4) is 0 Å². The number of benzene rings is 1. The van der Waals surface area contributed by atoms with Crippen LogP contribution in [-0.4, -0.2) is 18.6 Å². The van der Waals surface area contributed by atoms with Gasteiger partial charge in [0.1, 0.15) is 5.82 Å².